The summed E-state index contributed by atoms with van der Waals surface area (Å²) >= 11 is 0. The summed E-state index contributed by atoms with van der Waals surface area (Å²) in [5.41, 5.74) is -1.41. The summed E-state index contributed by atoms with van der Waals surface area (Å²) in [6, 6.07) is 0. The standard InChI is InChI=1S/C21H34O4/c1-19-8-5-14(23)11-13(19)3-4-15-16(19)6-9-20(2)17(15)7-10-21(20,25)18(24)12-22/h13-17,22-23,25H,3-12H2,1-2H3/t13-,14+,15?,16?,17?,19-,20-,21-/m0/s1. The topological polar surface area (TPSA) is 77.8 Å². The lowest BCUT2D eigenvalue weighted by molar-refractivity contribution is -0.174. The van der Waals surface area contributed by atoms with Gasteiger partial charge in [0.2, 0.25) is 0 Å². The van der Waals surface area contributed by atoms with Crippen molar-refractivity contribution in [1.82, 2.24) is 0 Å². The van der Waals surface area contributed by atoms with Gasteiger partial charge in [0.25, 0.3) is 0 Å². The zero-order valence-electron chi connectivity index (χ0n) is 15.7. The Labute approximate surface area is 151 Å². The molecule has 0 aromatic heterocycles. The number of ketones is 1. The lowest BCUT2D eigenvalue weighted by Gasteiger charge is -2.61. The van der Waals surface area contributed by atoms with E-state index in [-0.39, 0.29) is 17.3 Å². The van der Waals surface area contributed by atoms with Crippen molar-refractivity contribution in [1.29, 1.82) is 0 Å². The summed E-state index contributed by atoms with van der Waals surface area (Å²) in [6.45, 7) is 4.00. The molecule has 0 amide bonds. The van der Waals surface area contributed by atoms with Crippen molar-refractivity contribution >= 4 is 5.78 Å². The summed E-state index contributed by atoms with van der Waals surface area (Å²) in [6.07, 6.45) is 8.58. The van der Waals surface area contributed by atoms with Crippen LogP contribution in [0.5, 0.6) is 0 Å². The molecule has 0 spiro atoms. The van der Waals surface area contributed by atoms with Gasteiger partial charge in [-0.1, -0.05) is 13.8 Å². The van der Waals surface area contributed by atoms with Gasteiger partial charge >= 0.3 is 0 Å². The van der Waals surface area contributed by atoms with Crippen LogP contribution in [0.3, 0.4) is 0 Å². The van der Waals surface area contributed by atoms with Crippen LogP contribution < -0.4 is 0 Å². The number of hydrogen-bond acceptors (Lipinski definition) is 4. The van der Waals surface area contributed by atoms with Crippen molar-refractivity contribution in [2.45, 2.75) is 83.3 Å². The van der Waals surface area contributed by atoms with Crippen LogP contribution in [0, 0.1) is 34.5 Å². The molecule has 3 unspecified atom stereocenters. The molecule has 8 atom stereocenters. The molecule has 0 aliphatic heterocycles. The first-order chi connectivity index (χ1) is 11.8. The Balaban J connectivity index is 1.63. The molecule has 4 rings (SSSR count). The first kappa shape index (κ1) is 17.9. The second-order valence-electron chi connectivity index (χ2n) is 10.0. The number of hydrogen-bond donors (Lipinski definition) is 3. The van der Waals surface area contributed by atoms with E-state index in [1.54, 1.807) is 0 Å². The van der Waals surface area contributed by atoms with Crippen LogP contribution in [0.4, 0.5) is 0 Å². The Bertz CT molecular complexity index is 562. The average Bonchev–Trinajstić information content (AvgIpc) is 2.87. The second-order valence-corrected chi connectivity index (χ2v) is 10.0. The average molecular weight is 350 g/mol. The highest BCUT2D eigenvalue weighted by atomic mass is 16.3. The molecule has 4 nitrogen and oxygen atoms in total. The zero-order valence-corrected chi connectivity index (χ0v) is 15.7. The zero-order chi connectivity index (χ0) is 18.0. The molecule has 0 aromatic rings. The summed E-state index contributed by atoms with van der Waals surface area (Å²) < 4.78 is 0. The lowest BCUT2D eigenvalue weighted by Crippen LogP contribution is -2.59. The number of aliphatic hydroxyl groups is 3. The van der Waals surface area contributed by atoms with Crippen LogP contribution in [0.1, 0.15) is 71.6 Å². The van der Waals surface area contributed by atoms with Crippen LogP contribution in [0.15, 0.2) is 0 Å². The van der Waals surface area contributed by atoms with E-state index in [0.717, 1.165) is 38.5 Å². The SMILES string of the molecule is C[C@]12CCC3C(CC[C@H]4C[C@H](O)CC[C@]34C)C1CC[C@]2(O)C(=O)CO. The minimum atomic E-state index is -1.34. The molecule has 0 heterocycles. The molecule has 4 saturated carbocycles. The fraction of sp³-hybridized carbons (Fsp3) is 0.952. The Morgan fingerprint density at radius 3 is 2.44 bits per heavy atom. The first-order valence-electron chi connectivity index (χ1n) is 10.3. The maximum Gasteiger partial charge on any atom is 0.190 e. The number of aliphatic hydroxyl groups excluding tert-OH is 2. The molecular weight excluding hydrogens is 316 g/mol. The molecule has 0 radical (unpaired) electrons. The lowest BCUT2D eigenvalue weighted by atomic mass is 9.44. The van der Waals surface area contributed by atoms with Gasteiger partial charge in [0.05, 0.1) is 6.10 Å². The van der Waals surface area contributed by atoms with E-state index in [2.05, 4.69) is 13.8 Å². The number of rotatable bonds is 2. The van der Waals surface area contributed by atoms with Crippen LogP contribution >= 0.6 is 0 Å². The minimum Gasteiger partial charge on any atom is -0.393 e. The Kier molecular flexibility index (Phi) is 4.14. The van der Waals surface area contributed by atoms with E-state index in [1.807, 2.05) is 0 Å². The maximum absolute atomic E-state index is 12.4. The van der Waals surface area contributed by atoms with Crippen molar-refractivity contribution in [3.63, 3.8) is 0 Å². The fourth-order valence-electron chi connectivity index (χ4n) is 7.84. The highest BCUT2D eigenvalue weighted by molar-refractivity contribution is 5.89. The summed E-state index contributed by atoms with van der Waals surface area (Å²) in [4.78, 5) is 12.4. The van der Waals surface area contributed by atoms with E-state index < -0.39 is 12.2 Å². The van der Waals surface area contributed by atoms with E-state index in [4.69, 9.17) is 0 Å². The number of carbonyl (C=O) groups is 1. The molecule has 0 bridgehead atoms. The summed E-state index contributed by atoms with van der Waals surface area (Å²) in [5.74, 6) is 1.87. The van der Waals surface area contributed by atoms with Crippen molar-refractivity contribution in [3.05, 3.63) is 0 Å². The molecule has 142 valence electrons. The number of fused-ring (bicyclic) bond motifs is 5. The van der Waals surface area contributed by atoms with Gasteiger partial charge < -0.3 is 15.3 Å². The smallest absolute Gasteiger partial charge is 0.190 e. The third-order valence-corrected chi connectivity index (χ3v) is 9.39. The van der Waals surface area contributed by atoms with Gasteiger partial charge in [-0.25, -0.2) is 0 Å². The summed E-state index contributed by atoms with van der Waals surface area (Å²) in [7, 11) is 0. The van der Waals surface area contributed by atoms with Crippen LogP contribution in [0.2, 0.25) is 0 Å². The van der Waals surface area contributed by atoms with E-state index in [9.17, 15) is 20.1 Å². The third-order valence-electron chi connectivity index (χ3n) is 9.39. The Morgan fingerprint density at radius 1 is 1.00 bits per heavy atom. The molecule has 4 aliphatic carbocycles. The minimum absolute atomic E-state index is 0.123. The van der Waals surface area contributed by atoms with E-state index >= 15 is 0 Å². The highest BCUT2D eigenvalue weighted by Gasteiger charge is 2.66. The van der Waals surface area contributed by atoms with Crippen LogP contribution in [-0.2, 0) is 4.79 Å². The normalized spacial score (nSPS) is 55.2. The Hall–Kier alpha value is -0.450. The van der Waals surface area contributed by atoms with E-state index in [1.165, 1.54) is 12.8 Å². The van der Waals surface area contributed by atoms with Gasteiger partial charge in [0.15, 0.2) is 5.78 Å². The predicted octanol–water partition coefficient (Wildman–Crippen LogP) is 2.68. The number of carbonyl (C=O) groups excluding carboxylic acids is 1. The fourth-order valence-corrected chi connectivity index (χ4v) is 7.84. The quantitative estimate of drug-likeness (QED) is 0.715. The van der Waals surface area contributed by atoms with Crippen LogP contribution in [0.25, 0.3) is 0 Å². The van der Waals surface area contributed by atoms with Gasteiger partial charge in [-0.2, -0.15) is 0 Å². The molecule has 0 aromatic carbocycles. The largest absolute Gasteiger partial charge is 0.393 e. The van der Waals surface area contributed by atoms with Crippen molar-refractivity contribution in [2.24, 2.45) is 34.5 Å². The first-order valence-corrected chi connectivity index (χ1v) is 10.3. The van der Waals surface area contributed by atoms with E-state index in [0.29, 0.717) is 35.5 Å². The molecule has 4 aliphatic rings. The number of Topliss-reactive ketones (excluding diaryl/α,β-unsaturated/α-hetero) is 1. The second kappa shape index (κ2) is 5.77. The van der Waals surface area contributed by atoms with Gasteiger partial charge in [-0.15, -0.1) is 0 Å². The molecule has 3 N–H and O–H groups in total. The third kappa shape index (κ3) is 2.26. The Morgan fingerprint density at radius 2 is 1.72 bits per heavy atom. The monoisotopic (exact) mass is 350 g/mol. The van der Waals surface area contributed by atoms with Crippen molar-refractivity contribution < 1.29 is 20.1 Å². The van der Waals surface area contributed by atoms with Gasteiger partial charge in [0.1, 0.15) is 12.2 Å². The van der Waals surface area contributed by atoms with Gasteiger partial charge in [-0.05, 0) is 86.9 Å². The molecule has 25 heavy (non-hydrogen) atoms. The highest BCUT2D eigenvalue weighted by Crippen LogP contribution is 2.68. The van der Waals surface area contributed by atoms with Gasteiger partial charge in [-0.3, -0.25) is 4.79 Å². The van der Waals surface area contributed by atoms with Crippen molar-refractivity contribution in [3.8, 4) is 0 Å². The molecule has 4 heteroatoms. The molecule has 0 saturated heterocycles. The maximum atomic E-state index is 12.4. The van der Waals surface area contributed by atoms with Gasteiger partial charge in [0, 0.05) is 5.41 Å². The predicted molar refractivity (Wildman–Crippen MR) is 94.8 cm³/mol. The summed E-state index contributed by atoms with van der Waals surface area (Å²) in [5, 5.41) is 30.7. The molecular formula is C21H34O4. The molecule has 4 fully saturated rings. The van der Waals surface area contributed by atoms with Crippen molar-refractivity contribution in [2.75, 3.05) is 6.61 Å². The van der Waals surface area contributed by atoms with Crippen LogP contribution in [-0.4, -0.2) is 39.4 Å².